The minimum atomic E-state index is 1.02. The maximum absolute atomic E-state index is 3.45. The van der Waals surface area contributed by atoms with Gasteiger partial charge in [-0.05, 0) is 36.2 Å². The molecule has 4 rings (SSSR count). The van der Waals surface area contributed by atoms with E-state index < -0.39 is 0 Å². The number of hydrogen-bond donors (Lipinski definition) is 1. The molecule has 0 bridgehead atoms. The van der Waals surface area contributed by atoms with Crippen molar-refractivity contribution in [2.45, 2.75) is 6.42 Å². The second kappa shape index (κ2) is 5.47. The van der Waals surface area contributed by atoms with Gasteiger partial charge in [0.15, 0.2) is 0 Å². The Labute approximate surface area is 131 Å². The predicted octanol–water partition coefficient (Wildman–Crippen LogP) is 4.55. The second-order valence-corrected chi connectivity index (χ2v) is 6.05. The first-order chi connectivity index (χ1) is 10.8. The van der Waals surface area contributed by atoms with Crippen LogP contribution in [0, 0.1) is 0 Å². The van der Waals surface area contributed by atoms with Gasteiger partial charge < -0.3 is 9.88 Å². The van der Waals surface area contributed by atoms with E-state index in [4.69, 9.17) is 0 Å². The quantitative estimate of drug-likeness (QED) is 0.732. The molecule has 0 amide bonds. The highest BCUT2D eigenvalue weighted by Gasteiger charge is 2.16. The first kappa shape index (κ1) is 13.4. The zero-order chi connectivity index (χ0) is 14.9. The lowest BCUT2D eigenvalue weighted by Crippen LogP contribution is -2.24. The number of hydrogen-bond acceptors (Lipinski definition) is 1. The lowest BCUT2D eigenvalue weighted by atomic mass is 9.94. The standard InChI is InChI=1S/C20H20N2/c1-22-12-6-9-16(14-22)18-13-21-19-11-5-10-17(20(18)19)15-7-3-2-4-8-15/h2-5,7-11,13,21H,6,12,14H2,1H3. The number of aromatic amines is 1. The number of rotatable bonds is 2. The summed E-state index contributed by atoms with van der Waals surface area (Å²) < 4.78 is 0. The summed E-state index contributed by atoms with van der Waals surface area (Å²) in [6.07, 6.45) is 5.69. The molecule has 0 radical (unpaired) electrons. The van der Waals surface area contributed by atoms with E-state index in [0.29, 0.717) is 0 Å². The lowest BCUT2D eigenvalue weighted by molar-refractivity contribution is 0.373. The van der Waals surface area contributed by atoms with Crippen LogP contribution in [-0.4, -0.2) is 30.0 Å². The molecule has 3 aromatic rings. The molecule has 0 saturated carbocycles. The molecule has 1 N–H and O–H groups in total. The van der Waals surface area contributed by atoms with Crippen LogP contribution in [0.4, 0.5) is 0 Å². The Morgan fingerprint density at radius 3 is 2.64 bits per heavy atom. The number of nitrogens with zero attached hydrogens (tertiary/aromatic N) is 1. The number of fused-ring (bicyclic) bond motifs is 1. The summed E-state index contributed by atoms with van der Waals surface area (Å²) in [5.41, 5.74) is 6.58. The Kier molecular flexibility index (Phi) is 3.32. The van der Waals surface area contributed by atoms with E-state index in [2.05, 4.69) is 77.7 Å². The van der Waals surface area contributed by atoms with Crippen LogP contribution in [0.15, 0.2) is 60.8 Å². The zero-order valence-electron chi connectivity index (χ0n) is 12.8. The third kappa shape index (κ3) is 2.26. The van der Waals surface area contributed by atoms with E-state index in [1.165, 1.54) is 33.2 Å². The summed E-state index contributed by atoms with van der Waals surface area (Å²) in [4.78, 5) is 5.84. The van der Waals surface area contributed by atoms with Crippen molar-refractivity contribution in [2.75, 3.05) is 20.1 Å². The molecule has 2 heteroatoms. The average molecular weight is 288 g/mol. The molecule has 0 fully saturated rings. The summed E-state index contributed by atoms with van der Waals surface area (Å²) in [5.74, 6) is 0. The van der Waals surface area contributed by atoms with Crippen LogP contribution < -0.4 is 0 Å². The zero-order valence-corrected chi connectivity index (χ0v) is 12.8. The molecule has 2 heterocycles. The van der Waals surface area contributed by atoms with E-state index >= 15 is 0 Å². The van der Waals surface area contributed by atoms with E-state index in [-0.39, 0.29) is 0 Å². The molecule has 0 saturated heterocycles. The Balaban J connectivity index is 1.92. The van der Waals surface area contributed by atoms with Crippen LogP contribution in [0.25, 0.3) is 27.6 Å². The highest BCUT2D eigenvalue weighted by Crippen LogP contribution is 2.35. The minimum Gasteiger partial charge on any atom is -0.361 e. The maximum Gasteiger partial charge on any atom is 0.0466 e. The van der Waals surface area contributed by atoms with Gasteiger partial charge in [0, 0.05) is 35.8 Å². The molecule has 0 unspecified atom stereocenters. The van der Waals surface area contributed by atoms with Gasteiger partial charge in [-0.15, -0.1) is 0 Å². The fourth-order valence-corrected chi connectivity index (χ4v) is 3.39. The van der Waals surface area contributed by atoms with Gasteiger partial charge in [0.2, 0.25) is 0 Å². The Bertz CT molecular complexity index is 827. The third-order valence-electron chi connectivity index (χ3n) is 4.48. The molecule has 1 aliphatic heterocycles. The van der Waals surface area contributed by atoms with Gasteiger partial charge >= 0.3 is 0 Å². The Morgan fingerprint density at radius 2 is 1.82 bits per heavy atom. The van der Waals surface area contributed by atoms with Crippen LogP contribution in [-0.2, 0) is 0 Å². The largest absolute Gasteiger partial charge is 0.361 e. The molecule has 1 aromatic heterocycles. The third-order valence-corrected chi connectivity index (χ3v) is 4.48. The fourth-order valence-electron chi connectivity index (χ4n) is 3.39. The highest BCUT2D eigenvalue weighted by atomic mass is 15.1. The van der Waals surface area contributed by atoms with Crippen molar-refractivity contribution < 1.29 is 0 Å². The van der Waals surface area contributed by atoms with Gasteiger partial charge in [0.25, 0.3) is 0 Å². The van der Waals surface area contributed by atoms with Crippen LogP contribution in [0.1, 0.15) is 12.0 Å². The van der Waals surface area contributed by atoms with Gasteiger partial charge in [0.05, 0.1) is 0 Å². The van der Waals surface area contributed by atoms with Crippen molar-refractivity contribution in [1.82, 2.24) is 9.88 Å². The summed E-state index contributed by atoms with van der Waals surface area (Å²) >= 11 is 0. The lowest BCUT2D eigenvalue weighted by Gasteiger charge is -2.23. The topological polar surface area (TPSA) is 19.0 Å². The molecule has 2 nitrogen and oxygen atoms in total. The van der Waals surface area contributed by atoms with Gasteiger partial charge in [-0.3, -0.25) is 0 Å². The SMILES string of the molecule is CN1CCC=C(c2c[nH]c3cccc(-c4ccccc4)c23)C1. The minimum absolute atomic E-state index is 1.02. The summed E-state index contributed by atoms with van der Waals surface area (Å²) in [5, 5.41) is 1.34. The van der Waals surface area contributed by atoms with E-state index in [9.17, 15) is 0 Å². The molecule has 110 valence electrons. The monoisotopic (exact) mass is 288 g/mol. The molecule has 0 atom stereocenters. The van der Waals surface area contributed by atoms with Gasteiger partial charge in [-0.2, -0.15) is 0 Å². The van der Waals surface area contributed by atoms with Crippen molar-refractivity contribution >= 4 is 16.5 Å². The first-order valence-electron chi connectivity index (χ1n) is 7.86. The predicted molar refractivity (Wildman–Crippen MR) is 93.8 cm³/mol. The van der Waals surface area contributed by atoms with Crippen LogP contribution >= 0.6 is 0 Å². The number of benzene rings is 2. The summed E-state index contributed by atoms with van der Waals surface area (Å²) in [6, 6.07) is 17.2. The van der Waals surface area contributed by atoms with Crippen LogP contribution in [0.5, 0.6) is 0 Å². The van der Waals surface area contributed by atoms with E-state index in [1.54, 1.807) is 0 Å². The van der Waals surface area contributed by atoms with E-state index in [0.717, 1.165) is 19.5 Å². The summed E-state index contributed by atoms with van der Waals surface area (Å²) in [7, 11) is 2.19. The highest BCUT2D eigenvalue weighted by molar-refractivity contribution is 6.03. The Hall–Kier alpha value is -2.32. The molecule has 2 aromatic carbocycles. The number of likely N-dealkylation sites (N-methyl/N-ethyl adjacent to an activating group) is 1. The van der Waals surface area contributed by atoms with Crippen molar-refractivity contribution in [3.8, 4) is 11.1 Å². The maximum atomic E-state index is 3.45. The van der Waals surface area contributed by atoms with Crippen LogP contribution in [0.3, 0.4) is 0 Å². The summed E-state index contributed by atoms with van der Waals surface area (Å²) in [6.45, 7) is 2.17. The van der Waals surface area contributed by atoms with Gasteiger partial charge in [-0.25, -0.2) is 0 Å². The molecule has 22 heavy (non-hydrogen) atoms. The van der Waals surface area contributed by atoms with Gasteiger partial charge in [0.1, 0.15) is 0 Å². The fraction of sp³-hybridized carbons (Fsp3) is 0.200. The smallest absolute Gasteiger partial charge is 0.0466 e. The van der Waals surface area contributed by atoms with Crippen molar-refractivity contribution in [3.63, 3.8) is 0 Å². The molecular weight excluding hydrogens is 268 g/mol. The van der Waals surface area contributed by atoms with Crippen LogP contribution in [0.2, 0.25) is 0 Å². The molecule has 0 spiro atoms. The number of H-pyrrole nitrogens is 1. The number of aromatic nitrogens is 1. The van der Waals surface area contributed by atoms with Crippen molar-refractivity contribution in [2.24, 2.45) is 0 Å². The number of nitrogens with one attached hydrogen (secondary N) is 1. The van der Waals surface area contributed by atoms with E-state index in [1.807, 2.05) is 0 Å². The molecular formula is C20H20N2. The van der Waals surface area contributed by atoms with Gasteiger partial charge in [-0.1, -0.05) is 48.5 Å². The molecule has 1 aliphatic rings. The second-order valence-electron chi connectivity index (χ2n) is 6.05. The van der Waals surface area contributed by atoms with Crippen molar-refractivity contribution in [3.05, 3.63) is 66.4 Å². The Morgan fingerprint density at radius 1 is 0.955 bits per heavy atom. The first-order valence-corrected chi connectivity index (χ1v) is 7.86. The molecule has 0 aliphatic carbocycles. The normalized spacial score (nSPS) is 16.0. The average Bonchev–Trinajstić information content (AvgIpc) is 3.00. The van der Waals surface area contributed by atoms with Crippen molar-refractivity contribution in [1.29, 1.82) is 0 Å².